The van der Waals surface area contributed by atoms with Crippen molar-refractivity contribution in [2.24, 2.45) is 5.92 Å². The Morgan fingerprint density at radius 2 is 1.48 bits per heavy atom. The molecule has 2 aliphatic rings. The quantitative estimate of drug-likeness (QED) is 0.711. The number of ether oxygens (including phenoxy) is 1. The highest BCUT2D eigenvalue weighted by molar-refractivity contribution is 5.92. The van der Waals surface area contributed by atoms with Gasteiger partial charge in [0.2, 0.25) is 5.91 Å². The van der Waals surface area contributed by atoms with Crippen molar-refractivity contribution in [3.8, 4) is 0 Å². The molecule has 2 fully saturated rings. The second kappa shape index (κ2) is 11.9. The Morgan fingerprint density at radius 1 is 0.970 bits per heavy atom. The summed E-state index contributed by atoms with van der Waals surface area (Å²) in [4.78, 5) is 39.9. The standard InChI is InChI=1S/C22H34N4O3.C2H4O2/c1-22(2,3)29-21(28)26-15-13-25(14-16-26)19-7-5-18(6-8-19)23-20(27)17-9-11-24(4)12-10-17;1-2(3)4/h5-8,17H,9-16H2,1-4H3,(H,23,27);1H3,(H,3,4). The van der Waals surface area contributed by atoms with Crippen LogP contribution in [0.25, 0.3) is 0 Å². The molecule has 3 rings (SSSR count). The van der Waals surface area contributed by atoms with Gasteiger partial charge in [0.1, 0.15) is 5.60 Å². The van der Waals surface area contributed by atoms with Gasteiger partial charge in [0.15, 0.2) is 0 Å². The number of carboxylic acid groups (broad SMARTS) is 1. The number of likely N-dealkylation sites (tertiary alicyclic amines) is 1. The lowest BCUT2D eigenvalue weighted by Crippen LogP contribution is -2.50. The zero-order chi connectivity index (χ0) is 24.6. The summed E-state index contributed by atoms with van der Waals surface area (Å²) in [6.45, 7) is 11.5. The number of rotatable bonds is 3. The molecular formula is C24H38N4O5. The van der Waals surface area contributed by atoms with Gasteiger partial charge in [-0.25, -0.2) is 4.79 Å². The van der Waals surface area contributed by atoms with Gasteiger partial charge in [0.05, 0.1) is 0 Å². The van der Waals surface area contributed by atoms with Crippen molar-refractivity contribution in [3.63, 3.8) is 0 Å². The van der Waals surface area contributed by atoms with Crippen LogP contribution in [0.2, 0.25) is 0 Å². The van der Waals surface area contributed by atoms with Crippen LogP contribution in [0.5, 0.6) is 0 Å². The summed E-state index contributed by atoms with van der Waals surface area (Å²) in [7, 11) is 2.10. The third-order valence-electron chi connectivity index (χ3n) is 5.52. The van der Waals surface area contributed by atoms with Crippen molar-refractivity contribution in [1.29, 1.82) is 0 Å². The van der Waals surface area contributed by atoms with E-state index in [0.717, 1.165) is 57.3 Å². The Bertz CT molecular complexity index is 786. The van der Waals surface area contributed by atoms with Gasteiger partial charge in [-0.05, 0) is 78.0 Å². The number of hydrogen-bond acceptors (Lipinski definition) is 6. The Hall–Kier alpha value is -2.81. The number of aliphatic carboxylic acids is 1. The summed E-state index contributed by atoms with van der Waals surface area (Å²) in [6.07, 6.45) is 1.59. The average molecular weight is 463 g/mol. The summed E-state index contributed by atoms with van der Waals surface area (Å²) in [6, 6.07) is 7.99. The molecule has 0 unspecified atom stereocenters. The van der Waals surface area contributed by atoms with Crippen molar-refractivity contribution >= 4 is 29.3 Å². The highest BCUT2D eigenvalue weighted by Crippen LogP contribution is 2.22. The average Bonchev–Trinajstić information content (AvgIpc) is 2.73. The number of anilines is 2. The molecule has 2 heterocycles. The number of nitrogens with zero attached hydrogens (tertiary/aromatic N) is 3. The largest absolute Gasteiger partial charge is 0.481 e. The minimum atomic E-state index is -0.833. The lowest BCUT2D eigenvalue weighted by molar-refractivity contribution is -0.134. The minimum absolute atomic E-state index is 0.104. The van der Waals surface area contributed by atoms with E-state index < -0.39 is 11.6 Å². The Balaban J connectivity index is 0.000000890. The fraction of sp³-hybridized carbons (Fsp3) is 0.625. The molecule has 0 aromatic heterocycles. The first-order valence-electron chi connectivity index (χ1n) is 11.5. The maximum Gasteiger partial charge on any atom is 0.410 e. The van der Waals surface area contributed by atoms with Crippen LogP contribution in [0.4, 0.5) is 16.2 Å². The maximum atomic E-state index is 12.5. The fourth-order valence-electron chi connectivity index (χ4n) is 3.74. The SMILES string of the molecule is CC(=O)O.CN1CCC(C(=O)Nc2ccc(N3CCN(C(=O)OC(C)(C)C)CC3)cc2)CC1. The number of benzene rings is 1. The highest BCUT2D eigenvalue weighted by atomic mass is 16.6. The molecule has 2 amide bonds. The van der Waals surface area contributed by atoms with Crippen molar-refractivity contribution < 1.29 is 24.2 Å². The van der Waals surface area contributed by atoms with Crippen LogP contribution in [0.3, 0.4) is 0 Å². The first-order valence-corrected chi connectivity index (χ1v) is 11.5. The Morgan fingerprint density at radius 3 is 1.97 bits per heavy atom. The summed E-state index contributed by atoms with van der Waals surface area (Å²) in [5.41, 5.74) is 1.47. The van der Waals surface area contributed by atoms with E-state index >= 15 is 0 Å². The molecule has 0 bridgehead atoms. The van der Waals surface area contributed by atoms with E-state index in [-0.39, 0.29) is 17.9 Å². The van der Waals surface area contributed by atoms with Crippen LogP contribution in [-0.2, 0) is 14.3 Å². The Labute approximate surface area is 196 Å². The number of hydrogen-bond donors (Lipinski definition) is 2. The topological polar surface area (TPSA) is 102 Å². The van der Waals surface area contributed by atoms with Gasteiger partial charge in [-0.2, -0.15) is 0 Å². The molecule has 1 aromatic carbocycles. The minimum Gasteiger partial charge on any atom is -0.481 e. The van der Waals surface area contributed by atoms with Gasteiger partial charge in [0.25, 0.3) is 5.97 Å². The molecule has 9 heteroatoms. The lowest BCUT2D eigenvalue weighted by Gasteiger charge is -2.36. The number of piperidine rings is 1. The number of carboxylic acids is 1. The summed E-state index contributed by atoms with van der Waals surface area (Å²) in [5.74, 6) is -0.608. The highest BCUT2D eigenvalue weighted by Gasteiger charge is 2.26. The predicted octanol–water partition coefficient (Wildman–Crippen LogP) is 3.11. The molecule has 2 N–H and O–H groups in total. The van der Waals surface area contributed by atoms with Gasteiger partial charge >= 0.3 is 6.09 Å². The van der Waals surface area contributed by atoms with Gasteiger partial charge < -0.3 is 29.9 Å². The van der Waals surface area contributed by atoms with E-state index in [1.165, 1.54) is 0 Å². The lowest BCUT2D eigenvalue weighted by atomic mass is 9.96. The van der Waals surface area contributed by atoms with E-state index in [1.807, 2.05) is 45.0 Å². The molecule has 0 saturated carbocycles. The van der Waals surface area contributed by atoms with E-state index in [9.17, 15) is 9.59 Å². The monoisotopic (exact) mass is 462 g/mol. The third kappa shape index (κ3) is 9.29. The maximum absolute atomic E-state index is 12.5. The van der Waals surface area contributed by atoms with E-state index in [2.05, 4.69) is 22.2 Å². The van der Waals surface area contributed by atoms with Crippen LogP contribution >= 0.6 is 0 Å². The van der Waals surface area contributed by atoms with Gasteiger partial charge in [-0.1, -0.05) is 0 Å². The van der Waals surface area contributed by atoms with Crippen molar-refractivity contribution in [2.75, 3.05) is 56.5 Å². The second-order valence-electron chi connectivity index (χ2n) is 9.59. The Kier molecular flexibility index (Phi) is 9.52. The number of piperazine rings is 1. The fourth-order valence-corrected chi connectivity index (χ4v) is 3.74. The smallest absolute Gasteiger partial charge is 0.410 e. The number of amides is 2. The van der Waals surface area contributed by atoms with E-state index in [1.54, 1.807) is 4.90 Å². The van der Waals surface area contributed by atoms with Gasteiger partial charge in [0, 0.05) is 50.4 Å². The van der Waals surface area contributed by atoms with Crippen LogP contribution in [-0.4, -0.2) is 84.8 Å². The summed E-state index contributed by atoms with van der Waals surface area (Å²) < 4.78 is 5.45. The van der Waals surface area contributed by atoms with Gasteiger partial charge in [-0.3, -0.25) is 9.59 Å². The molecular weight excluding hydrogens is 424 g/mol. The van der Waals surface area contributed by atoms with E-state index in [4.69, 9.17) is 14.6 Å². The summed E-state index contributed by atoms with van der Waals surface area (Å²) >= 11 is 0. The molecule has 0 atom stereocenters. The third-order valence-corrected chi connectivity index (χ3v) is 5.52. The first kappa shape index (κ1) is 26.4. The van der Waals surface area contributed by atoms with Crippen LogP contribution in [0.1, 0.15) is 40.5 Å². The van der Waals surface area contributed by atoms with Crippen LogP contribution in [0, 0.1) is 5.92 Å². The van der Waals surface area contributed by atoms with Crippen molar-refractivity contribution in [1.82, 2.24) is 9.80 Å². The molecule has 1 aromatic rings. The normalized spacial score (nSPS) is 17.6. The van der Waals surface area contributed by atoms with Gasteiger partial charge in [-0.15, -0.1) is 0 Å². The zero-order valence-electron chi connectivity index (χ0n) is 20.5. The molecule has 0 aliphatic carbocycles. The van der Waals surface area contributed by atoms with Crippen molar-refractivity contribution in [3.05, 3.63) is 24.3 Å². The molecule has 2 saturated heterocycles. The molecule has 184 valence electrons. The molecule has 2 aliphatic heterocycles. The zero-order valence-corrected chi connectivity index (χ0v) is 20.5. The summed E-state index contributed by atoms with van der Waals surface area (Å²) in [5, 5.41) is 10.5. The molecule has 9 nitrogen and oxygen atoms in total. The van der Waals surface area contributed by atoms with Crippen LogP contribution < -0.4 is 10.2 Å². The second-order valence-corrected chi connectivity index (χ2v) is 9.59. The molecule has 0 spiro atoms. The van der Waals surface area contributed by atoms with E-state index in [0.29, 0.717) is 13.1 Å². The van der Waals surface area contributed by atoms with Crippen LogP contribution in [0.15, 0.2) is 24.3 Å². The molecule has 0 radical (unpaired) electrons. The predicted molar refractivity (Wildman–Crippen MR) is 129 cm³/mol. The number of nitrogens with one attached hydrogen (secondary N) is 1. The number of carbonyl (C=O) groups is 3. The molecule has 33 heavy (non-hydrogen) atoms. The van der Waals surface area contributed by atoms with Crippen molar-refractivity contribution in [2.45, 2.75) is 46.1 Å². The number of carbonyl (C=O) groups excluding carboxylic acids is 2. The first-order chi connectivity index (χ1) is 15.4.